The van der Waals surface area contributed by atoms with E-state index in [1.54, 1.807) is 32.5 Å². The Labute approximate surface area is 409 Å². The van der Waals surface area contributed by atoms with Crippen LogP contribution in [0.25, 0.3) is 11.0 Å². The minimum absolute atomic E-state index is 0. The second-order valence-corrected chi connectivity index (χ2v) is 19.0. The molecule has 1 aliphatic rings. The van der Waals surface area contributed by atoms with Crippen LogP contribution in [-0.2, 0) is 30.7 Å². The second kappa shape index (κ2) is 25.8. The van der Waals surface area contributed by atoms with Crippen LogP contribution in [0.1, 0.15) is 113 Å². The molecule has 1 unspecified atom stereocenters. The number of aryl methyl sites for hydroxylation is 2. The first-order chi connectivity index (χ1) is 32.8. The molecule has 15 heteroatoms. The fourth-order valence-electron chi connectivity index (χ4n) is 8.91. The Kier molecular flexibility index (Phi) is 20.3. The highest BCUT2D eigenvalue weighted by Crippen LogP contribution is 2.49. The number of carbonyl (C=O) groups is 2. The number of pyridine rings is 2. The van der Waals surface area contributed by atoms with Gasteiger partial charge in [-0.3, -0.25) is 14.4 Å². The summed E-state index contributed by atoms with van der Waals surface area (Å²) in [4.78, 5) is 47.5. The van der Waals surface area contributed by atoms with Crippen LogP contribution in [0.5, 0.6) is 11.5 Å². The molecular weight excluding hydrogens is 892 g/mol. The number of unbranched alkanes of at least 4 members (excludes halogenated alkanes) is 2. The molecular formula is C54H71N6O8P. The summed E-state index contributed by atoms with van der Waals surface area (Å²) in [6.45, 7) is 13.9. The van der Waals surface area contributed by atoms with E-state index in [9.17, 15) is 19.6 Å². The Balaban J connectivity index is 0.00000888. The number of likely N-dealkylation sites (tertiary alicyclic amines) is 1. The van der Waals surface area contributed by atoms with Crippen LogP contribution in [-0.4, -0.2) is 95.7 Å². The lowest BCUT2D eigenvalue weighted by molar-refractivity contribution is -0.134. The average molecular weight is 963 g/mol. The molecule has 3 heterocycles. The van der Waals surface area contributed by atoms with E-state index in [0.717, 1.165) is 22.4 Å². The van der Waals surface area contributed by atoms with Crippen LogP contribution < -0.4 is 20.2 Å². The molecule has 1 fully saturated rings. The van der Waals surface area contributed by atoms with E-state index >= 15 is 0 Å². The summed E-state index contributed by atoms with van der Waals surface area (Å²) >= 11 is 0. The first-order valence-corrected chi connectivity index (χ1v) is 24.8. The van der Waals surface area contributed by atoms with Crippen molar-refractivity contribution in [1.29, 1.82) is 5.26 Å². The monoisotopic (exact) mass is 963 g/mol. The number of hydrogen-bond donors (Lipinski definition) is 1. The highest BCUT2D eigenvalue weighted by Gasteiger charge is 2.43. The first kappa shape index (κ1) is 54.3. The van der Waals surface area contributed by atoms with Crippen molar-refractivity contribution in [1.82, 2.24) is 24.4 Å². The summed E-state index contributed by atoms with van der Waals surface area (Å²) in [6, 6.07) is 31.4. The molecule has 0 bridgehead atoms. The summed E-state index contributed by atoms with van der Waals surface area (Å²) in [5.74, 6) is 0.976. The van der Waals surface area contributed by atoms with Gasteiger partial charge in [0.15, 0.2) is 0 Å². The lowest BCUT2D eigenvalue weighted by Crippen LogP contribution is -2.42. The number of methoxy groups -OCH3 is 2. The number of nitriles is 1. The van der Waals surface area contributed by atoms with E-state index in [0.29, 0.717) is 67.8 Å². The van der Waals surface area contributed by atoms with Crippen LogP contribution >= 0.6 is 8.53 Å². The van der Waals surface area contributed by atoms with Gasteiger partial charge in [0.2, 0.25) is 11.3 Å². The van der Waals surface area contributed by atoms with Crippen LogP contribution in [0, 0.1) is 18.3 Å². The number of fused-ring (bicyclic) bond motifs is 1. The molecule has 3 aromatic carbocycles. The smallest absolute Gasteiger partial charge is 0.259 e. The maximum atomic E-state index is 14.5. The predicted octanol–water partition coefficient (Wildman–Crippen LogP) is 9.94. The zero-order valence-corrected chi connectivity index (χ0v) is 41.7. The minimum atomic E-state index is -1.57. The van der Waals surface area contributed by atoms with Gasteiger partial charge in [-0.25, -0.2) is 9.65 Å². The van der Waals surface area contributed by atoms with Gasteiger partial charge in [-0.15, -0.1) is 0 Å². The van der Waals surface area contributed by atoms with Gasteiger partial charge in [0.1, 0.15) is 28.3 Å². The molecule has 14 nitrogen and oxygen atoms in total. The van der Waals surface area contributed by atoms with E-state index < -0.39 is 20.0 Å². The van der Waals surface area contributed by atoms with Gasteiger partial charge in [0, 0.05) is 50.0 Å². The number of benzene rings is 3. The molecule has 0 saturated carbocycles. The number of rotatable bonds is 24. The highest BCUT2D eigenvalue weighted by atomic mass is 31.2. The van der Waals surface area contributed by atoms with Crippen molar-refractivity contribution in [3.63, 3.8) is 0 Å². The summed E-state index contributed by atoms with van der Waals surface area (Å²) in [7, 11) is 1.71. The van der Waals surface area contributed by atoms with Gasteiger partial charge in [0.25, 0.3) is 14.4 Å². The van der Waals surface area contributed by atoms with Gasteiger partial charge in [-0.05, 0) is 114 Å². The summed E-state index contributed by atoms with van der Waals surface area (Å²) in [5.41, 5.74) is 2.68. The van der Waals surface area contributed by atoms with Crippen molar-refractivity contribution in [3.05, 3.63) is 135 Å². The molecule has 2 amide bonds. The van der Waals surface area contributed by atoms with E-state index in [2.05, 4.69) is 60.9 Å². The zero-order valence-electron chi connectivity index (χ0n) is 40.8. The third-order valence-electron chi connectivity index (χ3n) is 12.3. The molecule has 1 N–H and O–H groups in total. The fraction of sp³-hybridized carbons (Fsp3) is 0.463. The number of nitrogens with zero attached hydrogens (tertiary/aromatic N) is 5. The Morgan fingerprint density at radius 1 is 0.899 bits per heavy atom. The normalized spacial score (nSPS) is 15.3. The van der Waals surface area contributed by atoms with Gasteiger partial charge in [-0.1, -0.05) is 68.4 Å². The molecule has 0 radical (unpaired) electrons. The molecule has 370 valence electrons. The molecule has 0 aliphatic carbocycles. The Morgan fingerprint density at radius 2 is 1.52 bits per heavy atom. The molecule has 5 aromatic rings. The summed E-state index contributed by atoms with van der Waals surface area (Å²) < 4.78 is 35.7. The number of amides is 2. The average Bonchev–Trinajstić information content (AvgIpc) is 3.75. The largest absolute Gasteiger partial charge is 0.497 e. The van der Waals surface area contributed by atoms with Crippen LogP contribution in [0.4, 0.5) is 0 Å². The molecule has 2 aromatic heterocycles. The van der Waals surface area contributed by atoms with Gasteiger partial charge >= 0.3 is 0 Å². The van der Waals surface area contributed by atoms with Crippen molar-refractivity contribution in [2.45, 2.75) is 124 Å². The predicted molar refractivity (Wildman–Crippen MR) is 272 cm³/mol. The Morgan fingerprint density at radius 3 is 2.10 bits per heavy atom. The van der Waals surface area contributed by atoms with Crippen molar-refractivity contribution >= 4 is 31.4 Å². The number of hydrogen-bond acceptors (Lipinski definition) is 11. The van der Waals surface area contributed by atoms with Crippen LogP contribution in [0.2, 0.25) is 0 Å². The molecule has 6 rings (SSSR count). The molecule has 0 spiro atoms. The standard InChI is InChI=1S/C53H67N6O8P.CH4/c1-9-57-35-48(50(61)47-29-20-39(6)56-51(47)57)52(62)55-31-15-11-14-19-49(60)58-34-46(67-68(66-32-16-30-54)59(37(2)3)38(4)5)33-43(58)36-65-53(40-17-12-10-13-18-40,41-21-25-44(63-7)26-22-41)42-23-27-45(64-8)28-24-42;/h10,12-13,17-18,20-29,35,37-38,43,46H,9,11,14-16,19,31-34,36H2,1-8H3,(H,55,62);1H4/t43-,46+,68?;/m0./s1. The number of nitrogens with one attached hydrogen (secondary N) is 1. The maximum Gasteiger partial charge on any atom is 0.259 e. The van der Waals surface area contributed by atoms with E-state index in [4.69, 9.17) is 23.3 Å². The minimum Gasteiger partial charge on any atom is -0.497 e. The topological polar surface area (TPSA) is 157 Å². The third kappa shape index (κ3) is 13.1. The second-order valence-electron chi connectivity index (χ2n) is 17.6. The number of ether oxygens (including phenoxy) is 3. The van der Waals surface area contributed by atoms with Crippen LogP contribution in [0.15, 0.2) is 102 Å². The highest BCUT2D eigenvalue weighted by molar-refractivity contribution is 7.44. The summed E-state index contributed by atoms with van der Waals surface area (Å²) in [6.07, 6.45) is 4.15. The zero-order chi connectivity index (χ0) is 48.8. The van der Waals surface area contributed by atoms with E-state index in [1.165, 1.54) is 0 Å². The number of carbonyl (C=O) groups excluding carboxylic acids is 2. The summed E-state index contributed by atoms with van der Waals surface area (Å²) in [5, 5.41) is 12.7. The third-order valence-corrected chi connectivity index (χ3v) is 14.4. The molecule has 1 aliphatic heterocycles. The van der Waals surface area contributed by atoms with Crippen LogP contribution in [0.3, 0.4) is 0 Å². The van der Waals surface area contributed by atoms with Crippen molar-refractivity contribution in [3.8, 4) is 17.6 Å². The molecule has 3 atom stereocenters. The Bertz CT molecular complexity index is 2470. The van der Waals surface area contributed by atoms with E-state index in [-0.39, 0.29) is 74.6 Å². The molecule has 1 saturated heterocycles. The van der Waals surface area contributed by atoms with Gasteiger partial charge < -0.3 is 38.0 Å². The van der Waals surface area contributed by atoms with Crippen molar-refractivity contribution in [2.75, 3.05) is 40.5 Å². The quantitative estimate of drug-likeness (QED) is 0.0357. The first-order valence-electron chi connectivity index (χ1n) is 23.7. The lowest BCUT2D eigenvalue weighted by Gasteiger charge is -2.38. The van der Waals surface area contributed by atoms with E-state index in [1.807, 2.05) is 90.0 Å². The number of aromatic nitrogens is 2. The molecule has 69 heavy (non-hydrogen) atoms. The fourth-order valence-corrected chi connectivity index (χ4v) is 10.6. The van der Waals surface area contributed by atoms with Crippen molar-refractivity contribution < 1.29 is 32.8 Å². The Hall–Kier alpha value is -5.68. The lowest BCUT2D eigenvalue weighted by atomic mass is 9.80. The SMILES string of the molecule is C.CCn1cc(C(=O)NCCCCCC(=O)N2C[C@H](OP(OCCC#N)N(C(C)C)C(C)C)C[C@H]2COC(c2ccccc2)(c2ccc(OC)cc2)c2ccc(OC)cc2)c(=O)c2ccc(C)nc21. The van der Waals surface area contributed by atoms with Gasteiger partial charge in [-0.2, -0.15) is 5.26 Å². The van der Waals surface area contributed by atoms with Gasteiger partial charge in [0.05, 0.1) is 57.5 Å². The van der Waals surface area contributed by atoms with Crippen molar-refractivity contribution in [2.24, 2.45) is 0 Å². The maximum absolute atomic E-state index is 14.5.